The van der Waals surface area contributed by atoms with Gasteiger partial charge in [0.05, 0.1) is 29.9 Å². The van der Waals surface area contributed by atoms with Gasteiger partial charge in [-0.05, 0) is 23.8 Å². The molecule has 26 heavy (non-hydrogen) atoms. The summed E-state index contributed by atoms with van der Waals surface area (Å²) in [5.74, 6) is -0.724. The Morgan fingerprint density at radius 3 is 2.62 bits per heavy atom. The maximum Gasteiger partial charge on any atom is 0.337 e. The van der Waals surface area contributed by atoms with E-state index in [1.165, 1.54) is 18.7 Å². The third kappa shape index (κ3) is 4.55. The number of carbonyl (C=O) groups is 2. The maximum atomic E-state index is 12.3. The molecule has 0 atom stereocenters. The molecule has 0 aliphatic carbocycles. The Balaban J connectivity index is 1.59. The van der Waals surface area contributed by atoms with Crippen LogP contribution < -0.4 is 5.32 Å². The van der Waals surface area contributed by atoms with Gasteiger partial charge in [-0.15, -0.1) is 11.3 Å². The number of rotatable bonds is 6. The molecule has 1 aromatic heterocycles. The second-order valence-electron chi connectivity index (χ2n) is 5.65. The lowest BCUT2D eigenvalue weighted by Gasteiger charge is -2.05. The fourth-order valence-electron chi connectivity index (χ4n) is 2.46. The molecule has 3 rings (SSSR count). The molecule has 1 heterocycles. The minimum Gasteiger partial charge on any atom is -0.465 e. The van der Waals surface area contributed by atoms with Gasteiger partial charge < -0.3 is 10.1 Å². The molecule has 0 radical (unpaired) electrons. The van der Waals surface area contributed by atoms with Gasteiger partial charge in [0.15, 0.2) is 0 Å². The largest absolute Gasteiger partial charge is 0.465 e. The van der Waals surface area contributed by atoms with Crippen molar-refractivity contribution in [2.24, 2.45) is 0 Å². The van der Waals surface area contributed by atoms with Gasteiger partial charge in [0, 0.05) is 17.4 Å². The molecular formula is C20H18N2O3S. The summed E-state index contributed by atoms with van der Waals surface area (Å²) in [5, 5.41) is 5.79. The van der Waals surface area contributed by atoms with E-state index in [0.29, 0.717) is 17.7 Å². The highest BCUT2D eigenvalue weighted by Crippen LogP contribution is 2.15. The Morgan fingerprint density at radius 2 is 1.85 bits per heavy atom. The van der Waals surface area contributed by atoms with Gasteiger partial charge in [-0.25, -0.2) is 9.78 Å². The predicted octanol–water partition coefficient (Wildman–Crippen LogP) is 3.45. The topological polar surface area (TPSA) is 68.3 Å². The fraction of sp³-hybridized carbons (Fsp3) is 0.150. The van der Waals surface area contributed by atoms with E-state index in [0.717, 1.165) is 17.1 Å². The molecule has 0 spiro atoms. The number of nitrogens with zero attached hydrogens (tertiary/aromatic N) is 1. The number of nitrogens with one attached hydrogen (secondary N) is 1. The Kier molecular flexibility index (Phi) is 5.76. The molecule has 6 heteroatoms. The molecule has 1 amide bonds. The minimum absolute atomic E-state index is 0.256. The molecule has 0 bridgehead atoms. The van der Waals surface area contributed by atoms with Crippen LogP contribution in [-0.4, -0.2) is 24.0 Å². The number of ether oxygens (including phenoxy) is 1. The van der Waals surface area contributed by atoms with Gasteiger partial charge in [-0.3, -0.25) is 4.79 Å². The van der Waals surface area contributed by atoms with E-state index in [9.17, 15) is 9.59 Å². The number of hydrogen-bond donors (Lipinski definition) is 1. The van der Waals surface area contributed by atoms with Crippen molar-refractivity contribution < 1.29 is 14.3 Å². The molecule has 0 unspecified atom stereocenters. The summed E-state index contributed by atoms with van der Waals surface area (Å²) >= 11 is 1.58. The first-order chi connectivity index (χ1) is 12.7. The van der Waals surface area contributed by atoms with Gasteiger partial charge in [0.1, 0.15) is 0 Å². The van der Waals surface area contributed by atoms with Crippen LogP contribution in [0.15, 0.2) is 60.0 Å². The molecule has 1 N–H and O–H groups in total. The molecule has 132 valence electrons. The number of methoxy groups -OCH3 is 1. The molecule has 0 fully saturated rings. The number of aromatic nitrogens is 1. The summed E-state index contributed by atoms with van der Waals surface area (Å²) in [4.78, 5) is 28.4. The number of hydrogen-bond acceptors (Lipinski definition) is 5. The van der Waals surface area contributed by atoms with Crippen molar-refractivity contribution in [3.63, 3.8) is 0 Å². The van der Waals surface area contributed by atoms with Gasteiger partial charge in [0.25, 0.3) is 5.91 Å². The monoisotopic (exact) mass is 366 g/mol. The van der Waals surface area contributed by atoms with E-state index in [1.807, 2.05) is 23.6 Å². The van der Waals surface area contributed by atoms with E-state index in [4.69, 9.17) is 0 Å². The van der Waals surface area contributed by atoms with Gasteiger partial charge in [-0.2, -0.15) is 0 Å². The van der Waals surface area contributed by atoms with Gasteiger partial charge >= 0.3 is 5.97 Å². The summed E-state index contributed by atoms with van der Waals surface area (Å²) in [6.45, 7) is 0.340. The van der Waals surface area contributed by atoms with Crippen LogP contribution in [-0.2, 0) is 17.7 Å². The van der Waals surface area contributed by atoms with Crippen LogP contribution in [0.5, 0.6) is 0 Å². The Labute approximate surface area is 155 Å². The van der Waals surface area contributed by atoms with Crippen LogP contribution in [0.3, 0.4) is 0 Å². The van der Waals surface area contributed by atoms with E-state index >= 15 is 0 Å². The first kappa shape index (κ1) is 17.8. The third-order valence-corrected chi connectivity index (χ3v) is 4.67. The molecule has 3 aromatic rings. The Bertz CT molecular complexity index is 906. The van der Waals surface area contributed by atoms with Crippen molar-refractivity contribution in [2.75, 3.05) is 7.11 Å². The van der Waals surface area contributed by atoms with Crippen molar-refractivity contribution in [3.8, 4) is 0 Å². The highest BCUT2D eigenvalue weighted by Gasteiger charge is 2.11. The summed E-state index contributed by atoms with van der Waals surface area (Å²) in [6, 6.07) is 16.6. The molecule has 0 saturated heterocycles. The first-order valence-corrected chi connectivity index (χ1v) is 8.97. The standard InChI is InChI=1S/C20H18N2O3S/c1-25-20(24)16-9-5-8-15(11-16)19(23)21-12-17-13-26-18(22-17)10-14-6-3-2-4-7-14/h2-9,11,13H,10,12H2,1H3,(H,21,23). The SMILES string of the molecule is COC(=O)c1cccc(C(=O)NCc2csc(Cc3ccccc3)n2)c1. The van der Waals surface area contributed by atoms with Crippen molar-refractivity contribution >= 4 is 23.2 Å². The number of benzene rings is 2. The predicted molar refractivity (Wildman–Crippen MR) is 100 cm³/mol. The lowest BCUT2D eigenvalue weighted by molar-refractivity contribution is 0.0600. The van der Waals surface area contributed by atoms with Crippen LogP contribution in [0.1, 0.15) is 37.0 Å². The van der Waals surface area contributed by atoms with Crippen molar-refractivity contribution in [1.29, 1.82) is 0 Å². The Morgan fingerprint density at radius 1 is 1.08 bits per heavy atom. The van der Waals surface area contributed by atoms with Crippen LogP contribution in [0.25, 0.3) is 0 Å². The minimum atomic E-state index is -0.468. The quantitative estimate of drug-likeness (QED) is 0.679. The smallest absolute Gasteiger partial charge is 0.337 e. The number of amides is 1. The van der Waals surface area contributed by atoms with Gasteiger partial charge in [0.2, 0.25) is 0 Å². The van der Waals surface area contributed by atoms with E-state index in [2.05, 4.69) is 27.2 Å². The molecule has 0 aliphatic rings. The molecule has 0 aliphatic heterocycles. The van der Waals surface area contributed by atoms with E-state index in [-0.39, 0.29) is 5.91 Å². The van der Waals surface area contributed by atoms with Crippen LogP contribution in [0.4, 0.5) is 0 Å². The lowest BCUT2D eigenvalue weighted by Crippen LogP contribution is -2.23. The van der Waals surface area contributed by atoms with E-state index in [1.54, 1.807) is 29.5 Å². The van der Waals surface area contributed by atoms with Crippen LogP contribution >= 0.6 is 11.3 Å². The second-order valence-corrected chi connectivity index (χ2v) is 6.59. The average molecular weight is 366 g/mol. The molecular weight excluding hydrogens is 348 g/mol. The zero-order chi connectivity index (χ0) is 18.4. The van der Waals surface area contributed by atoms with Crippen LogP contribution in [0.2, 0.25) is 0 Å². The zero-order valence-electron chi connectivity index (χ0n) is 14.3. The molecule has 5 nitrogen and oxygen atoms in total. The maximum absolute atomic E-state index is 12.3. The molecule has 0 saturated carbocycles. The summed E-state index contributed by atoms with van der Waals surface area (Å²) < 4.78 is 4.67. The van der Waals surface area contributed by atoms with Crippen molar-refractivity contribution in [2.45, 2.75) is 13.0 Å². The Hall–Kier alpha value is -2.99. The van der Waals surface area contributed by atoms with Gasteiger partial charge in [-0.1, -0.05) is 36.4 Å². The normalized spacial score (nSPS) is 10.3. The second kappa shape index (κ2) is 8.40. The average Bonchev–Trinajstić information content (AvgIpc) is 3.13. The van der Waals surface area contributed by atoms with Crippen molar-refractivity contribution in [1.82, 2.24) is 10.3 Å². The summed E-state index contributed by atoms with van der Waals surface area (Å²) in [6.07, 6.45) is 0.778. The third-order valence-electron chi connectivity index (χ3n) is 3.77. The highest BCUT2D eigenvalue weighted by molar-refractivity contribution is 7.09. The van der Waals surface area contributed by atoms with Crippen molar-refractivity contribution in [3.05, 3.63) is 87.4 Å². The molecule has 2 aromatic carbocycles. The number of thiazole rings is 1. The highest BCUT2D eigenvalue weighted by atomic mass is 32.1. The zero-order valence-corrected chi connectivity index (χ0v) is 15.1. The van der Waals surface area contributed by atoms with E-state index < -0.39 is 5.97 Å². The fourth-order valence-corrected chi connectivity index (χ4v) is 3.29. The number of carbonyl (C=O) groups excluding carboxylic acids is 2. The first-order valence-electron chi connectivity index (χ1n) is 8.09. The van der Waals surface area contributed by atoms with Crippen LogP contribution in [0, 0.1) is 0 Å². The summed E-state index contributed by atoms with van der Waals surface area (Å²) in [5.41, 5.74) is 2.78. The lowest BCUT2D eigenvalue weighted by atomic mass is 10.1. The summed E-state index contributed by atoms with van der Waals surface area (Å²) in [7, 11) is 1.31. The number of esters is 1.